The molecule has 11 heteroatoms. The quantitative estimate of drug-likeness (QED) is 0.342. The Morgan fingerprint density at radius 2 is 1.93 bits per heavy atom. The Morgan fingerprint density at radius 3 is 2.66 bits per heavy atom. The highest BCUT2D eigenvalue weighted by Crippen LogP contribution is 2.33. The second kappa shape index (κ2) is 11.6. The van der Waals surface area contributed by atoms with Crippen molar-refractivity contribution in [2.75, 3.05) is 40.3 Å². The van der Waals surface area contributed by atoms with E-state index in [0.717, 1.165) is 36.9 Å². The van der Waals surface area contributed by atoms with Gasteiger partial charge in [0.25, 0.3) is 11.8 Å². The smallest absolute Gasteiger partial charge is 0.322 e. The molecule has 216 valence electrons. The van der Waals surface area contributed by atoms with Crippen molar-refractivity contribution < 1.29 is 28.3 Å². The molecule has 2 aromatic carbocycles. The SMILES string of the molecule is COc1ccc2c(c1)C(=O)N(C[C@](C)(NC(=O)NC=O)c1cc3ccc(C(=O)NCC4CCN(C)CC4)cc3o1)C2. The molecule has 3 heterocycles. The second-order valence-electron chi connectivity index (χ2n) is 11.1. The largest absolute Gasteiger partial charge is 0.497 e. The van der Waals surface area contributed by atoms with Gasteiger partial charge in [0.05, 0.1) is 13.7 Å². The number of amides is 5. The van der Waals surface area contributed by atoms with Gasteiger partial charge in [-0.25, -0.2) is 4.79 Å². The molecular formula is C30H35N5O6. The number of imide groups is 1. The van der Waals surface area contributed by atoms with Gasteiger partial charge in [-0.05, 0) is 81.7 Å². The Labute approximate surface area is 238 Å². The molecule has 1 saturated heterocycles. The molecular weight excluding hydrogens is 526 g/mol. The number of fused-ring (bicyclic) bond motifs is 2. The normalized spacial score (nSPS) is 17.1. The van der Waals surface area contributed by atoms with Crippen LogP contribution in [0.15, 0.2) is 46.9 Å². The lowest BCUT2D eigenvalue weighted by molar-refractivity contribution is -0.108. The van der Waals surface area contributed by atoms with Crippen LogP contribution in [0.4, 0.5) is 4.79 Å². The van der Waals surface area contributed by atoms with Crippen molar-refractivity contribution in [3.05, 3.63) is 64.9 Å². The van der Waals surface area contributed by atoms with Gasteiger partial charge in [0.2, 0.25) is 6.41 Å². The van der Waals surface area contributed by atoms with Crippen LogP contribution in [-0.4, -0.2) is 74.4 Å². The van der Waals surface area contributed by atoms with Crippen molar-refractivity contribution in [3.63, 3.8) is 0 Å². The van der Waals surface area contributed by atoms with Crippen LogP contribution >= 0.6 is 0 Å². The number of hydrogen-bond donors (Lipinski definition) is 3. The molecule has 5 rings (SSSR count). The lowest BCUT2D eigenvalue weighted by Crippen LogP contribution is -2.53. The number of benzene rings is 2. The Hall–Kier alpha value is -4.38. The molecule has 2 aliphatic rings. The van der Waals surface area contributed by atoms with Crippen LogP contribution in [0.2, 0.25) is 0 Å². The standard InChI is InChI=1S/C30H35N5O6/c1-30(33-29(39)32-18-36,17-35-16-22-6-7-23(40-3)14-24(22)28(35)38)26-13-20-4-5-21(12-25(20)41-26)27(37)31-15-19-8-10-34(2)11-9-19/h4-7,12-14,18-19H,8-11,15-17H2,1-3H3,(H,31,37)(H2,32,33,36,39)/t30-/m0/s1. The molecule has 3 aromatic rings. The van der Waals surface area contributed by atoms with Gasteiger partial charge in [-0.1, -0.05) is 12.1 Å². The van der Waals surface area contributed by atoms with E-state index in [1.165, 1.54) is 7.11 Å². The number of likely N-dealkylation sites (tertiary alicyclic amines) is 1. The summed E-state index contributed by atoms with van der Waals surface area (Å²) in [7, 11) is 3.65. The molecule has 1 atom stereocenters. The molecule has 0 aliphatic carbocycles. The maximum absolute atomic E-state index is 13.3. The molecule has 5 amide bonds. The number of carbonyl (C=O) groups is 4. The Balaban J connectivity index is 1.36. The average Bonchev–Trinajstić information content (AvgIpc) is 3.53. The Kier molecular flexibility index (Phi) is 7.98. The molecule has 0 unspecified atom stereocenters. The van der Waals surface area contributed by atoms with E-state index >= 15 is 0 Å². The third-order valence-electron chi connectivity index (χ3n) is 8.00. The molecule has 0 bridgehead atoms. The first-order valence-corrected chi connectivity index (χ1v) is 13.7. The van der Waals surface area contributed by atoms with Crippen LogP contribution in [0.5, 0.6) is 5.75 Å². The lowest BCUT2D eigenvalue weighted by atomic mass is 9.97. The van der Waals surface area contributed by atoms with Crippen molar-refractivity contribution in [3.8, 4) is 5.75 Å². The predicted octanol–water partition coefficient (Wildman–Crippen LogP) is 2.84. The number of nitrogens with zero attached hydrogens (tertiary/aromatic N) is 2. The maximum atomic E-state index is 13.3. The topological polar surface area (TPSA) is 133 Å². The van der Waals surface area contributed by atoms with Crippen LogP contribution in [0.3, 0.4) is 0 Å². The zero-order valence-electron chi connectivity index (χ0n) is 23.5. The summed E-state index contributed by atoms with van der Waals surface area (Å²) in [6.45, 7) is 4.82. The van der Waals surface area contributed by atoms with Gasteiger partial charge in [0.15, 0.2) is 0 Å². The first kappa shape index (κ1) is 28.2. The summed E-state index contributed by atoms with van der Waals surface area (Å²) in [4.78, 5) is 53.5. The van der Waals surface area contributed by atoms with E-state index in [9.17, 15) is 19.2 Å². The van der Waals surface area contributed by atoms with E-state index in [0.29, 0.717) is 47.2 Å². The number of rotatable bonds is 9. The van der Waals surface area contributed by atoms with Crippen molar-refractivity contribution >= 4 is 35.2 Å². The van der Waals surface area contributed by atoms with Crippen molar-refractivity contribution in [2.45, 2.75) is 31.8 Å². The highest BCUT2D eigenvalue weighted by atomic mass is 16.5. The molecule has 41 heavy (non-hydrogen) atoms. The number of furan rings is 1. The van der Waals surface area contributed by atoms with Crippen LogP contribution in [0.1, 0.15) is 51.8 Å². The molecule has 0 saturated carbocycles. The lowest BCUT2D eigenvalue weighted by Gasteiger charge is -2.32. The van der Waals surface area contributed by atoms with Gasteiger partial charge in [-0.2, -0.15) is 0 Å². The summed E-state index contributed by atoms with van der Waals surface area (Å²) in [5, 5.41) is 8.66. The zero-order valence-corrected chi connectivity index (χ0v) is 23.5. The molecule has 11 nitrogen and oxygen atoms in total. The molecule has 1 aromatic heterocycles. The molecule has 0 spiro atoms. The number of hydrogen-bond acceptors (Lipinski definition) is 7. The van der Waals surface area contributed by atoms with Gasteiger partial charge in [0.1, 0.15) is 22.6 Å². The summed E-state index contributed by atoms with van der Waals surface area (Å²) in [5.74, 6) is 1.03. The molecule has 1 fully saturated rings. The maximum Gasteiger partial charge on any atom is 0.322 e. The number of ether oxygens (including phenoxy) is 1. The fraction of sp³-hybridized carbons (Fsp3) is 0.400. The molecule has 3 N–H and O–H groups in total. The van der Waals surface area contributed by atoms with Crippen LogP contribution < -0.4 is 20.7 Å². The summed E-state index contributed by atoms with van der Waals surface area (Å²) >= 11 is 0. The fourth-order valence-electron chi connectivity index (χ4n) is 5.55. The number of piperidine rings is 1. The highest BCUT2D eigenvalue weighted by molar-refractivity contribution is 5.99. The summed E-state index contributed by atoms with van der Waals surface area (Å²) in [5.41, 5.74) is 1.11. The Bertz CT molecular complexity index is 1480. The van der Waals surface area contributed by atoms with Gasteiger partial charge in [0, 0.05) is 29.6 Å². The second-order valence-corrected chi connectivity index (χ2v) is 11.1. The molecule has 0 radical (unpaired) electrons. The van der Waals surface area contributed by atoms with Crippen molar-refractivity contribution in [1.82, 2.24) is 25.8 Å². The zero-order chi connectivity index (χ0) is 29.1. The first-order valence-electron chi connectivity index (χ1n) is 13.7. The minimum atomic E-state index is -1.20. The monoisotopic (exact) mass is 561 g/mol. The van der Waals surface area contributed by atoms with Gasteiger partial charge in [-0.3, -0.25) is 19.7 Å². The van der Waals surface area contributed by atoms with E-state index in [2.05, 4.69) is 27.9 Å². The first-order chi connectivity index (χ1) is 19.7. The van der Waals surface area contributed by atoms with Gasteiger partial charge >= 0.3 is 6.03 Å². The average molecular weight is 562 g/mol. The minimum Gasteiger partial charge on any atom is -0.497 e. The van der Waals surface area contributed by atoms with E-state index in [-0.39, 0.29) is 24.8 Å². The van der Waals surface area contributed by atoms with Gasteiger partial charge in [-0.15, -0.1) is 0 Å². The van der Waals surface area contributed by atoms with Crippen LogP contribution in [-0.2, 0) is 16.9 Å². The number of carbonyl (C=O) groups excluding carboxylic acids is 4. The van der Waals surface area contributed by atoms with Crippen LogP contribution in [0, 0.1) is 5.92 Å². The third-order valence-corrected chi connectivity index (χ3v) is 8.00. The van der Waals surface area contributed by atoms with E-state index in [4.69, 9.17) is 9.15 Å². The fourth-order valence-corrected chi connectivity index (χ4v) is 5.55. The van der Waals surface area contributed by atoms with Crippen molar-refractivity contribution in [1.29, 1.82) is 0 Å². The Morgan fingerprint density at radius 1 is 1.15 bits per heavy atom. The summed E-state index contributed by atoms with van der Waals surface area (Å²) in [6, 6.07) is 11.6. The minimum absolute atomic E-state index is 0.0683. The van der Waals surface area contributed by atoms with Gasteiger partial charge < -0.3 is 29.6 Å². The van der Waals surface area contributed by atoms with E-state index < -0.39 is 11.6 Å². The number of nitrogens with one attached hydrogen (secondary N) is 3. The molecule has 2 aliphatic heterocycles. The van der Waals surface area contributed by atoms with Crippen molar-refractivity contribution in [2.24, 2.45) is 5.92 Å². The third kappa shape index (κ3) is 6.04. The summed E-state index contributed by atoms with van der Waals surface area (Å²) < 4.78 is 11.5. The summed E-state index contributed by atoms with van der Waals surface area (Å²) in [6.07, 6.45) is 2.39. The highest BCUT2D eigenvalue weighted by Gasteiger charge is 2.39. The number of urea groups is 1. The van der Waals surface area contributed by atoms with E-state index in [1.54, 1.807) is 48.2 Å². The van der Waals surface area contributed by atoms with E-state index in [1.807, 2.05) is 6.07 Å². The number of methoxy groups -OCH3 is 1. The van der Waals surface area contributed by atoms with Crippen LogP contribution in [0.25, 0.3) is 11.0 Å². The predicted molar refractivity (Wildman–Crippen MR) is 152 cm³/mol.